The van der Waals surface area contributed by atoms with Gasteiger partial charge in [-0.15, -0.1) is 24.0 Å². The van der Waals surface area contributed by atoms with Crippen LogP contribution in [-0.4, -0.2) is 42.0 Å². The number of carbonyl (C=O) groups excluding carboxylic acids is 1. The van der Waals surface area contributed by atoms with E-state index in [0.717, 1.165) is 11.3 Å². The van der Waals surface area contributed by atoms with E-state index in [1.807, 2.05) is 58.9 Å². The van der Waals surface area contributed by atoms with E-state index in [2.05, 4.69) is 25.9 Å². The summed E-state index contributed by atoms with van der Waals surface area (Å²) in [6, 6.07) is 8.08. The highest BCUT2D eigenvalue weighted by Gasteiger charge is 2.13. The summed E-state index contributed by atoms with van der Waals surface area (Å²) >= 11 is 0. The zero-order chi connectivity index (χ0) is 20.6. The summed E-state index contributed by atoms with van der Waals surface area (Å²) in [5.41, 5.74) is 2.76. The Morgan fingerprint density at radius 3 is 2.48 bits per heavy atom. The minimum atomic E-state index is -0.263. The molecule has 0 fully saturated rings. The third-order valence-corrected chi connectivity index (χ3v) is 3.76. The average molecular weight is 513 g/mol. The molecule has 0 saturated heterocycles. The van der Waals surface area contributed by atoms with E-state index < -0.39 is 0 Å². The van der Waals surface area contributed by atoms with E-state index in [1.54, 1.807) is 6.26 Å². The standard InChI is InChI=1S/C21H31N5O2.HI/c1-6-22-20(24-13-18(27)26-21(3,4)5)23-12-11-17-14-28-19(25-17)16-9-7-15(2)8-10-16;/h7-10,14H,6,11-13H2,1-5H3,(H,26,27)(H2,22,23,24);1H. The van der Waals surface area contributed by atoms with Crippen molar-refractivity contribution >= 4 is 35.8 Å². The molecule has 0 unspecified atom stereocenters. The molecule has 7 nitrogen and oxygen atoms in total. The molecule has 1 heterocycles. The van der Waals surface area contributed by atoms with Crippen molar-refractivity contribution in [2.75, 3.05) is 19.6 Å². The maximum atomic E-state index is 11.9. The van der Waals surface area contributed by atoms with Crippen LogP contribution in [-0.2, 0) is 11.2 Å². The summed E-state index contributed by atoms with van der Waals surface area (Å²) in [5, 5.41) is 9.26. The number of oxazole rings is 1. The maximum absolute atomic E-state index is 11.9. The molecule has 0 saturated carbocycles. The quantitative estimate of drug-likeness (QED) is 0.300. The number of aliphatic imine (C=N–C) groups is 1. The predicted molar refractivity (Wildman–Crippen MR) is 128 cm³/mol. The summed E-state index contributed by atoms with van der Waals surface area (Å²) in [7, 11) is 0. The van der Waals surface area contributed by atoms with Crippen LogP contribution in [0.5, 0.6) is 0 Å². The Balaban J connectivity index is 0.00000420. The highest BCUT2D eigenvalue weighted by molar-refractivity contribution is 14.0. The Kier molecular flexibility index (Phi) is 10.1. The number of guanidine groups is 1. The van der Waals surface area contributed by atoms with Crippen molar-refractivity contribution in [3.63, 3.8) is 0 Å². The van der Waals surface area contributed by atoms with Crippen LogP contribution in [0.4, 0.5) is 0 Å². The Hall–Kier alpha value is -2.10. The predicted octanol–water partition coefficient (Wildman–Crippen LogP) is 3.28. The van der Waals surface area contributed by atoms with Gasteiger partial charge in [-0.1, -0.05) is 17.7 Å². The van der Waals surface area contributed by atoms with Gasteiger partial charge in [0.1, 0.15) is 12.8 Å². The first-order valence-corrected chi connectivity index (χ1v) is 9.61. The summed E-state index contributed by atoms with van der Waals surface area (Å²) < 4.78 is 5.58. The van der Waals surface area contributed by atoms with Crippen LogP contribution >= 0.6 is 24.0 Å². The molecular weight excluding hydrogens is 481 g/mol. The molecule has 0 atom stereocenters. The first kappa shape index (κ1) is 24.9. The monoisotopic (exact) mass is 513 g/mol. The number of hydrogen-bond acceptors (Lipinski definition) is 4. The van der Waals surface area contributed by atoms with Gasteiger partial charge in [-0.05, 0) is 46.8 Å². The molecule has 2 aromatic rings. The second-order valence-corrected chi connectivity index (χ2v) is 7.68. The van der Waals surface area contributed by atoms with Crippen LogP contribution in [0.2, 0.25) is 0 Å². The minimum absolute atomic E-state index is 0. The number of halogens is 1. The number of rotatable bonds is 7. The first-order valence-electron chi connectivity index (χ1n) is 9.61. The van der Waals surface area contributed by atoms with Crippen molar-refractivity contribution in [1.29, 1.82) is 0 Å². The van der Waals surface area contributed by atoms with E-state index in [9.17, 15) is 4.79 Å². The molecule has 1 amide bonds. The Bertz CT molecular complexity index is 794. The molecular formula is C21H32IN5O2. The fourth-order valence-corrected chi connectivity index (χ4v) is 2.51. The lowest BCUT2D eigenvalue weighted by molar-refractivity contribution is -0.121. The van der Waals surface area contributed by atoms with E-state index in [0.29, 0.717) is 31.4 Å². The largest absolute Gasteiger partial charge is 0.444 e. The molecule has 29 heavy (non-hydrogen) atoms. The van der Waals surface area contributed by atoms with E-state index >= 15 is 0 Å². The molecule has 2 rings (SSSR count). The van der Waals surface area contributed by atoms with Crippen molar-refractivity contribution < 1.29 is 9.21 Å². The third-order valence-electron chi connectivity index (χ3n) is 3.76. The highest BCUT2D eigenvalue weighted by Crippen LogP contribution is 2.19. The molecule has 0 aliphatic carbocycles. The number of aryl methyl sites for hydroxylation is 1. The molecule has 0 aliphatic heterocycles. The number of benzene rings is 1. The Labute approximate surface area is 190 Å². The van der Waals surface area contributed by atoms with E-state index in [-0.39, 0.29) is 42.0 Å². The SMILES string of the molecule is CCNC(=NCC(=O)NC(C)(C)C)NCCc1coc(-c2ccc(C)cc2)n1.I. The summed E-state index contributed by atoms with van der Waals surface area (Å²) in [5.74, 6) is 1.12. The fraction of sp³-hybridized carbons (Fsp3) is 0.476. The second kappa shape index (κ2) is 11.8. The zero-order valence-electron chi connectivity index (χ0n) is 17.8. The molecule has 160 valence electrons. The summed E-state index contributed by atoms with van der Waals surface area (Å²) in [6.45, 7) is 11.3. The van der Waals surface area contributed by atoms with E-state index in [4.69, 9.17) is 4.42 Å². The number of amides is 1. The molecule has 0 aliphatic rings. The number of nitrogens with zero attached hydrogens (tertiary/aromatic N) is 2. The zero-order valence-corrected chi connectivity index (χ0v) is 20.2. The van der Waals surface area contributed by atoms with Crippen molar-refractivity contribution in [1.82, 2.24) is 20.9 Å². The van der Waals surface area contributed by atoms with E-state index in [1.165, 1.54) is 5.56 Å². The molecule has 0 radical (unpaired) electrons. The number of aromatic nitrogens is 1. The molecule has 0 spiro atoms. The Morgan fingerprint density at radius 1 is 1.17 bits per heavy atom. The van der Waals surface area contributed by atoms with Gasteiger partial charge in [-0.3, -0.25) is 4.79 Å². The number of carbonyl (C=O) groups is 1. The van der Waals surface area contributed by atoms with Crippen LogP contribution in [0, 0.1) is 6.92 Å². The second-order valence-electron chi connectivity index (χ2n) is 7.68. The Morgan fingerprint density at radius 2 is 1.86 bits per heavy atom. The van der Waals surface area contributed by atoms with Crippen molar-refractivity contribution in [2.24, 2.45) is 4.99 Å². The van der Waals surface area contributed by atoms with Crippen molar-refractivity contribution in [2.45, 2.75) is 46.6 Å². The van der Waals surface area contributed by atoms with Crippen molar-refractivity contribution in [3.8, 4) is 11.5 Å². The van der Waals surface area contributed by atoms with Gasteiger partial charge < -0.3 is 20.4 Å². The topological polar surface area (TPSA) is 91.5 Å². The molecule has 8 heteroatoms. The van der Waals surface area contributed by atoms with Crippen LogP contribution in [0.1, 0.15) is 39.0 Å². The average Bonchev–Trinajstić information content (AvgIpc) is 3.07. The minimum Gasteiger partial charge on any atom is -0.444 e. The van der Waals surface area contributed by atoms with Gasteiger partial charge in [0.2, 0.25) is 11.8 Å². The summed E-state index contributed by atoms with van der Waals surface area (Å²) in [4.78, 5) is 20.8. The van der Waals surface area contributed by atoms with Gasteiger partial charge in [-0.2, -0.15) is 0 Å². The molecule has 1 aromatic heterocycles. The first-order chi connectivity index (χ1) is 13.3. The van der Waals surface area contributed by atoms with Crippen molar-refractivity contribution in [3.05, 3.63) is 41.8 Å². The van der Waals surface area contributed by atoms with Gasteiger partial charge >= 0.3 is 0 Å². The normalized spacial score (nSPS) is 11.6. The smallest absolute Gasteiger partial charge is 0.242 e. The third kappa shape index (κ3) is 9.29. The lowest BCUT2D eigenvalue weighted by Crippen LogP contribution is -2.43. The lowest BCUT2D eigenvalue weighted by atomic mass is 10.1. The maximum Gasteiger partial charge on any atom is 0.242 e. The van der Waals surface area contributed by atoms with Gasteiger partial charge in [0.05, 0.1) is 5.69 Å². The van der Waals surface area contributed by atoms with Gasteiger partial charge in [0, 0.05) is 30.6 Å². The van der Waals surface area contributed by atoms with Gasteiger partial charge in [0.25, 0.3) is 0 Å². The van der Waals surface area contributed by atoms with Gasteiger partial charge in [0.15, 0.2) is 5.96 Å². The van der Waals surface area contributed by atoms with Gasteiger partial charge in [-0.25, -0.2) is 9.98 Å². The molecule has 0 bridgehead atoms. The van der Waals surface area contributed by atoms with Crippen LogP contribution in [0.15, 0.2) is 39.9 Å². The van der Waals surface area contributed by atoms with Crippen LogP contribution in [0.3, 0.4) is 0 Å². The molecule has 3 N–H and O–H groups in total. The summed E-state index contributed by atoms with van der Waals surface area (Å²) in [6.07, 6.45) is 2.37. The van der Waals surface area contributed by atoms with Crippen LogP contribution in [0.25, 0.3) is 11.5 Å². The number of hydrogen-bond donors (Lipinski definition) is 3. The number of nitrogens with one attached hydrogen (secondary N) is 3. The highest BCUT2D eigenvalue weighted by atomic mass is 127. The lowest BCUT2D eigenvalue weighted by Gasteiger charge is -2.20. The fourth-order valence-electron chi connectivity index (χ4n) is 2.51. The van der Waals surface area contributed by atoms with Crippen LogP contribution < -0.4 is 16.0 Å². The molecule has 1 aromatic carbocycles.